The molecule has 0 bridgehead atoms. The van der Waals surface area contributed by atoms with Crippen molar-refractivity contribution < 1.29 is 9.13 Å². The van der Waals surface area contributed by atoms with Gasteiger partial charge in [-0.3, -0.25) is 0 Å². The van der Waals surface area contributed by atoms with E-state index in [2.05, 4.69) is 29.2 Å². The van der Waals surface area contributed by atoms with Gasteiger partial charge in [0.25, 0.3) is 0 Å². The summed E-state index contributed by atoms with van der Waals surface area (Å²) in [5.74, 6) is 0.543. The van der Waals surface area contributed by atoms with Gasteiger partial charge >= 0.3 is 0 Å². The van der Waals surface area contributed by atoms with E-state index < -0.39 is 0 Å². The Hall–Kier alpha value is -2.07. The summed E-state index contributed by atoms with van der Waals surface area (Å²) < 4.78 is 18.9. The van der Waals surface area contributed by atoms with Crippen LogP contribution in [0.1, 0.15) is 29.9 Å². The summed E-state index contributed by atoms with van der Waals surface area (Å²) in [5, 5.41) is 0. The standard InChI is InChI=1S/C20H23FN2O/c1-24-19-7-4-15(8-18(19)21)16-9-20(10-16)12-23(13-20)17-5-2-14(11-22)3-6-17/h2-8,16H,9-13,22H2,1H3. The third-order valence-corrected chi connectivity index (χ3v) is 5.60. The minimum Gasteiger partial charge on any atom is -0.494 e. The van der Waals surface area contributed by atoms with E-state index in [0.717, 1.165) is 31.5 Å². The number of hydrogen-bond donors (Lipinski definition) is 1. The molecule has 2 aliphatic rings. The maximum atomic E-state index is 13.9. The van der Waals surface area contributed by atoms with E-state index in [0.29, 0.717) is 23.6 Å². The van der Waals surface area contributed by atoms with Crippen LogP contribution in [0, 0.1) is 11.2 Å². The van der Waals surface area contributed by atoms with Crippen LogP contribution in [0.25, 0.3) is 0 Å². The fourth-order valence-electron chi connectivity index (χ4n) is 4.20. The second kappa shape index (κ2) is 5.78. The van der Waals surface area contributed by atoms with E-state index in [9.17, 15) is 4.39 Å². The third kappa shape index (κ3) is 2.55. The van der Waals surface area contributed by atoms with Crippen LogP contribution < -0.4 is 15.4 Å². The van der Waals surface area contributed by atoms with Crippen LogP contribution in [0.5, 0.6) is 5.75 Å². The molecular formula is C20H23FN2O. The van der Waals surface area contributed by atoms with E-state index in [4.69, 9.17) is 10.5 Å². The summed E-state index contributed by atoms with van der Waals surface area (Å²) in [6.45, 7) is 2.79. The van der Waals surface area contributed by atoms with Crippen LogP contribution in [-0.4, -0.2) is 20.2 Å². The van der Waals surface area contributed by atoms with Crippen LogP contribution in [-0.2, 0) is 6.54 Å². The van der Waals surface area contributed by atoms with Gasteiger partial charge in [-0.05, 0) is 54.2 Å². The Morgan fingerprint density at radius 3 is 2.46 bits per heavy atom. The smallest absolute Gasteiger partial charge is 0.165 e. The largest absolute Gasteiger partial charge is 0.494 e. The average molecular weight is 326 g/mol. The zero-order chi connectivity index (χ0) is 16.7. The van der Waals surface area contributed by atoms with Gasteiger partial charge in [0, 0.05) is 30.7 Å². The summed E-state index contributed by atoms with van der Waals surface area (Å²) in [6, 6.07) is 13.9. The molecule has 1 saturated heterocycles. The fraction of sp³-hybridized carbons (Fsp3) is 0.400. The van der Waals surface area contributed by atoms with Crippen LogP contribution in [0.15, 0.2) is 42.5 Å². The molecule has 2 aromatic carbocycles. The molecule has 0 aromatic heterocycles. The van der Waals surface area contributed by atoms with Crippen LogP contribution in [0.3, 0.4) is 0 Å². The van der Waals surface area contributed by atoms with E-state index in [1.54, 1.807) is 12.1 Å². The summed E-state index contributed by atoms with van der Waals surface area (Å²) in [5.41, 5.74) is 9.61. The Labute approximate surface area is 142 Å². The number of halogens is 1. The van der Waals surface area contributed by atoms with Crippen molar-refractivity contribution in [2.45, 2.75) is 25.3 Å². The van der Waals surface area contributed by atoms with Crippen molar-refractivity contribution in [1.82, 2.24) is 0 Å². The number of nitrogens with zero attached hydrogens (tertiary/aromatic N) is 1. The maximum absolute atomic E-state index is 13.9. The second-order valence-corrected chi connectivity index (χ2v) is 7.23. The molecule has 1 spiro atoms. The number of ether oxygens (including phenoxy) is 1. The second-order valence-electron chi connectivity index (χ2n) is 7.23. The zero-order valence-electron chi connectivity index (χ0n) is 14.0. The van der Waals surface area contributed by atoms with Gasteiger partial charge in [-0.1, -0.05) is 18.2 Å². The molecule has 2 aromatic rings. The molecule has 1 saturated carbocycles. The first-order valence-corrected chi connectivity index (χ1v) is 8.50. The predicted octanol–water partition coefficient (Wildman–Crippen LogP) is 3.68. The Morgan fingerprint density at radius 1 is 1.17 bits per heavy atom. The quantitative estimate of drug-likeness (QED) is 0.931. The molecule has 0 radical (unpaired) electrons. The molecule has 3 nitrogen and oxygen atoms in total. The molecule has 0 atom stereocenters. The lowest BCUT2D eigenvalue weighted by Gasteiger charge is -2.60. The summed E-state index contributed by atoms with van der Waals surface area (Å²) >= 11 is 0. The molecule has 2 fully saturated rings. The number of nitrogens with two attached hydrogens (primary N) is 1. The Morgan fingerprint density at radius 2 is 1.88 bits per heavy atom. The van der Waals surface area contributed by atoms with Crippen molar-refractivity contribution in [1.29, 1.82) is 0 Å². The number of anilines is 1. The summed E-state index contributed by atoms with van der Waals surface area (Å²) in [4.78, 5) is 2.42. The summed E-state index contributed by atoms with van der Waals surface area (Å²) in [6.07, 6.45) is 2.30. The lowest BCUT2D eigenvalue weighted by Crippen LogP contribution is -2.61. The zero-order valence-corrected chi connectivity index (χ0v) is 14.0. The maximum Gasteiger partial charge on any atom is 0.165 e. The monoisotopic (exact) mass is 326 g/mol. The Balaban J connectivity index is 1.35. The van der Waals surface area contributed by atoms with Gasteiger partial charge in [-0.2, -0.15) is 0 Å². The van der Waals surface area contributed by atoms with Crippen LogP contribution in [0.4, 0.5) is 10.1 Å². The van der Waals surface area contributed by atoms with Gasteiger partial charge in [-0.15, -0.1) is 0 Å². The molecule has 4 rings (SSSR count). The van der Waals surface area contributed by atoms with Crippen molar-refractivity contribution in [2.24, 2.45) is 11.1 Å². The molecule has 0 unspecified atom stereocenters. The minimum absolute atomic E-state index is 0.258. The lowest BCUT2D eigenvalue weighted by molar-refractivity contribution is 0.0632. The normalized spacial score (nSPS) is 19.0. The highest BCUT2D eigenvalue weighted by Gasteiger charge is 2.52. The highest BCUT2D eigenvalue weighted by molar-refractivity contribution is 5.52. The lowest BCUT2D eigenvalue weighted by atomic mass is 9.56. The van der Waals surface area contributed by atoms with E-state index in [-0.39, 0.29) is 5.82 Å². The van der Waals surface area contributed by atoms with Crippen molar-refractivity contribution in [3.05, 3.63) is 59.4 Å². The van der Waals surface area contributed by atoms with Crippen molar-refractivity contribution in [3.63, 3.8) is 0 Å². The van der Waals surface area contributed by atoms with Gasteiger partial charge in [-0.25, -0.2) is 4.39 Å². The van der Waals surface area contributed by atoms with Crippen molar-refractivity contribution in [3.8, 4) is 5.75 Å². The third-order valence-electron chi connectivity index (χ3n) is 5.60. The molecule has 4 heteroatoms. The minimum atomic E-state index is -0.258. The molecule has 1 aliphatic carbocycles. The molecular weight excluding hydrogens is 303 g/mol. The van der Waals surface area contributed by atoms with Gasteiger partial charge < -0.3 is 15.4 Å². The topological polar surface area (TPSA) is 38.5 Å². The van der Waals surface area contributed by atoms with Crippen LogP contribution >= 0.6 is 0 Å². The number of benzene rings is 2. The van der Waals surface area contributed by atoms with Gasteiger partial charge in [0.1, 0.15) is 0 Å². The molecule has 24 heavy (non-hydrogen) atoms. The first-order valence-electron chi connectivity index (χ1n) is 8.50. The average Bonchev–Trinajstić information content (AvgIpc) is 2.53. The highest BCUT2D eigenvalue weighted by Crippen LogP contribution is 2.56. The number of hydrogen-bond acceptors (Lipinski definition) is 3. The van der Waals surface area contributed by atoms with Gasteiger partial charge in [0.15, 0.2) is 11.6 Å². The molecule has 126 valence electrons. The van der Waals surface area contributed by atoms with Crippen molar-refractivity contribution >= 4 is 5.69 Å². The van der Waals surface area contributed by atoms with Crippen molar-refractivity contribution in [2.75, 3.05) is 25.1 Å². The van der Waals surface area contributed by atoms with Gasteiger partial charge in [0.05, 0.1) is 7.11 Å². The Kier molecular flexibility index (Phi) is 3.72. The Bertz CT molecular complexity index is 730. The molecule has 0 amide bonds. The SMILES string of the molecule is COc1ccc(C2CC3(C2)CN(c2ccc(CN)cc2)C3)cc1F. The summed E-state index contributed by atoms with van der Waals surface area (Å²) in [7, 11) is 1.50. The number of methoxy groups -OCH3 is 1. The molecule has 1 heterocycles. The predicted molar refractivity (Wildman–Crippen MR) is 93.9 cm³/mol. The fourth-order valence-corrected chi connectivity index (χ4v) is 4.20. The van der Waals surface area contributed by atoms with E-state index >= 15 is 0 Å². The molecule has 1 aliphatic heterocycles. The number of rotatable bonds is 4. The van der Waals surface area contributed by atoms with E-state index in [1.165, 1.54) is 18.4 Å². The molecule has 2 N–H and O–H groups in total. The highest BCUT2D eigenvalue weighted by atomic mass is 19.1. The van der Waals surface area contributed by atoms with Crippen LogP contribution in [0.2, 0.25) is 0 Å². The van der Waals surface area contributed by atoms with E-state index in [1.807, 2.05) is 6.07 Å². The first kappa shape index (κ1) is 15.5. The van der Waals surface area contributed by atoms with Gasteiger partial charge in [0.2, 0.25) is 0 Å². The first-order chi connectivity index (χ1) is 11.6.